The first-order valence-corrected chi connectivity index (χ1v) is 2.43. The summed E-state index contributed by atoms with van der Waals surface area (Å²) in [4.78, 5) is 2.24. The lowest BCUT2D eigenvalue weighted by atomic mass is 10.4. The molecule has 0 saturated carbocycles. The van der Waals surface area contributed by atoms with E-state index in [2.05, 4.69) is 18.5 Å². The van der Waals surface area contributed by atoms with E-state index in [0.29, 0.717) is 0 Å². The van der Waals surface area contributed by atoms with Crippen molar-refractivity contribution in [3.63, 3.8) is 0 Å². The van der Waals surface area contributed by atoms with E-state index >= 15 is 0 Å². The molecule has 1 aliphatic rings. The Labute approximate surface area is 39.0 Å². The van der Waals surface area contributed by atoms with Crippen molar-refractivity contribution in [1.29, 1.82) is 0 Å². The van der Waals surface area contributed by atoms with E-state index in [1.807, 2.05) is 0 Å². The fourth-order valence-electron chi connectivity index (χ4n) is 0.744. The maximum absolute atomic E-state index is 2.24. The third-order valence-electron chi connectivity index (χ3n) is 1.16. The summed E-state index contributed by atoms with van der Waals surface area (Å²) in [6.45, 7) is 3.50. The average molecular weight is 84.1 g/mol. The van der Waals surface area contributed by atoms with Gasteiger partial charge in [-0.05, 0) is 26.4 Å². The Balaban J connectivity index is 2.18. The molecular formula is C5H10N. The van der Waals surface area contributed by atoms with Crippen molar-refractivity contribution in [1.82, 2.24) is 4.90 Å². The van der Waals surface area contributed by atoms with E-state index in [0.717, 1.165) is 0 Å². The van der Waals surface area contributed by atoms with Gasteiger partial charge in [0.05, 0.1) is 0 Å². The molecule has 1 fully saturated rings. The second kappa shape index (κ2) is 1.61. The van der Waals surface area contributed by atoms with Crippen molar-refractivity contribution in [2.45, 2.75) is 12.8 Å². The van der Waals surface area contributed by atoms with Crippen LogP contribution in [0.2, 0.25) is 0 Å². The summed E-state index contributed by atoms with van der Waals surface area (Å²) < 4.78 is 0. The van der Waals surface area contributed by atoms with Crippen LogP contribution in [0.4, 0.5) is 0 Å². The van der Waals surface area contributed by atoms with Crippen LogP contribution in [0.3, 0.4) is 0 Å². The van der Waals surface area contributed by atoms with Gasteiger partial charge in [-0.1, -0.05) is 0 Å². The minimum absolute atomic E-state index is 1.26. The lowest BCUT2D eigenvalue weighted by molar-refractivity contribution is 0.474. The fourth-order valence-corrected chi connectivity index (χ4v) is 0.744. The molecule has 0 spiro atoms. The third kappa shape index (κ3) is 0.716. The second-order valence-corrected chi connectivity index (χ2v) is 1.81. The van der Waals surface area contributed by atoms with Crippen molar-refractivity contribution >= 4 is 0 Å². The number of hydrogen-bond donors (Lipinski definition) is 0. The largest absolute Gasteiger partial charge is 0.302 e. The number of nitrogens with zero attached hydrogens (tertiary/aromatic N) is 1. The maximum Gasteiger partial charge on any atom is 0.0248 e. The lowest BCUT2D eigenvalue weighted by Gasteiger charge is -2.00. The predicted molar refractivity (Wildman–Crippen MR) is 26.2 cm³/mol. The van der Waals surface area contributed by atoms with Crippen molar-refractivity contribution in [3.05, 3.63) is 6.54 Å². The maximum atomic E-state index is 2.24. The SMILES string of the molecule is CN1[CH]CCC1. The van der Waals surface area contributed by atoms with Gasteiger partial charge in [-0.2, -0.15) is 0 Å². The van der Waals surface area contributed by atoms with Gasteiger partial charge in [0.1, 0.15) is 0 Å². The summed E-state index contributed by atoms with van der Waals surface area (Å²) >= 11 is 0. The monoisotopic (exact) mass is 84.1 g/mol. The van der Waals surface area contributed by atoms with E-state index < -0.39 is 0 Å². The standard InChI is InChI=1S/C5H10N/c1-6-4-2-3-5-6/h4H,2-3,5H2,1H3. The Bertz CT molecular complexity index is 37.2. The van der Waals surface area contributed by atoms with E-state index in [1.54, 1.807) is 0 Å². The van der Waals surface area contributed by atoms with Crippen LogP contribution in [0, 0.1) is 6.54 Å². The zero-order valence-electron chi connectivity index (χ0n) is 4.15. The van der Waals surface area contributed by atoms with E-state index in [4.69, 9.17) is 0 Å². The molecule has 35 valence electrons. The van der Waals surface area contributed by atoms with E-state index in [9.17, 15) is 0 Å². The smallest absolute Gasteiger partial charge is 0.0248 e. The highest BCUT2D eigenvalue weighted by Crippen LogP contribution is 2.07. The van der Waals surface area contributed by atoms with Gasteiger partial charge >= 0.3 is 0 Å². The second-order valence-electron chi connectivity index (χ2n) is 1.81. The van der Waals surface area contributed by atoms with Crippen LogP contribution >= 0.6 is 0 Å². The number of likely N-dealkylation sites (tertiary alicyclic amines) is 1. The zero-order chi connectivity index (χ0) is 4.41. The van der Waals surface area contributed by atoms with Gasteiger partial charge in [0, 0.05) is 6.54 Å². The quantitative estimate of drug-likeness (QED) is 0.421. The molecule has 0 unspecified atom stereocenters. The summed E-state index contributed by atoms with van der Waals surface area (Å²) in [6, 6.07) is 0. The first-order valence-electron chi connectivity index (χ1n) is 2.43. The Morgan fingerprint density at radius 1 is 1.67 bits per heavy atom. The summed E-state index contributed by atoms with van der Waals surface area (Å²) in [7, 11) is 2.12. The predicted octanol–water partition coefficient (Wildman–Crippen LogP) is 0.874. The minimum Gasteiger partial charge on any atom is -0.302 e. The topological polar surface area (TPSA) is 3.24 Å². The fraction of sp³-hybridized carbons (Fsp3) is 0.800. The first kappa shape index (κ1) is 4.13. The molecule has 0 atom stereocenters. The van der Waals surface area contributed by atoms with Crippen LogP contribution in [0.25, 0.3) is 0 Å². The van der Waals surface area contributed by atoms with Crippen molar-refractivity contribution < 1.29 is 0 Å². The van der Waals surface area contributed by atoms with Gasteiger partial charge in [-0.25, -0.2) is 0 Å². The van der Waals surface area contributed by atoms with E-state index in [1.165, 1.54) is 19.4 Å². The van der Waals surface area contributed by atoms with Gasteiger partial charge in [-0.15, -0.1) is 0 Å². The normalized spacial score (nSPS) is 25.5. The molecule has 0 aliphatic carbocycles. The molecule has 0 aromatic carbocycles. The van der Waals surface area contributed by atoms with Crippen LogP contribution in [0.5, 0.6) is 0 Å². The van der Waals surface area contributed by atoms with Crippen molar-refractivity contribution in [3.8, 4) is 0 Å². The summed E-state index contributed by atoms with van der Waals surface area (Å²) in [5, 5.41) is 0. The summed E-state index contributed by atoms with van der Waals surface area (Å²) in [6.07, 6.45) is 2.65. The molecule has 1 saturated heterocycles. The molecule has 0 aromatic heterocycles. The molecule has 0 bridgehead atoms. The van der Waals surface area contributed by atoms with Gasteiger partial charge in [0.15, 0.2) is 0 Å². The van der Waals surface area contributed by atoms with Crippen molar-refractivity contribution in [2.75, 3.05) is 13.6 Å². The third-order valence-corrected chi connectivity index (χ3v) is 1.16. The molecule has 1 heterocycles. The van der Waals surface area contributed by atoms with E-state index in [-0.39, 0.29) is 0 Å². The molecule has 1 nitrogen and oxygen atoms in total. The molecule has 1 heteroatoms. The van der Waals surface area contributed by atoms with Crippen LogP contribution in [0.1, 0.15) is 12.8 Å². The Kier molecular flexibility index (Phi) is 1.10. The molecule has 0 aromatic rings. The Hall–Kier alpha value is -0.0400. The number of hydrogen-bond acceptors (Lipinski definition) is 1. The van der Waals surface area contributed by atoms with Crippen LogP contribution in [-0.2, 0) is 0 Å². The lowest BCUT2D eigenvalue weighted by Crippen LogP contribution is -2.06. The Morgan fingerprint density at radius 3 is 2.67 bits per heavy atom. The van der Waals surface area contributed by atoms with Gasteiger partial charge in [0.2, 0.25) is 0 Å². The van der Waals surface area contributed by atoms with Crippen LogP contribution < -0.4 is 0 Å². The van der Waals surface area contributed by atoms with Crippen molar-refractivity contribution in [2.24, 2.45) is 0 Å². The minimum atomic E-state index is 1.26. The molecule has 1 aliphatic heterocycles. The highest BCUT2D eigenvalue weighted by atomic mass is 15.1. The van der Waals surface area contributed by atoms with Gasteiger partial charge in [0.25, 0.3) is 0 Å². The average Bonchev–Trinajstić information content (AvgIpc) is 1.86. The van der Waals surface area contributed by atoms with Gasteiger partial charge in [-0.3, -0.25) is 0 Å². The summed E-state index contributed by atoms with van der Waals surface area (Å²) in [5.74, 6) is 0. The molecular weight excluding hydrogens is 74.1 g/mol. The zero-order valence-corrected chi connectivity index (χ0v) is 4.15. The van der Waals surface area contributed by atoms with Gasteiger partial charge < -0.3 is 4.90 Å². The molecule has 0 N–H and O–H groups in total. The first-order chi connectivity index (χ1) is 2.89. The molecule has 1 rings (SSSR count). The number of rotatable bonds is 0. The molecule has 0 amide bonds. The highest BCUT2D eigenvalue weighted by Gasteiger charge is 2.03. The van der Waals surface area contributed by atoms with Crippen LogP contribution in [0.15, 0.2) is 0 Å². The Morgan fingerprint density at radius 2 is 2.50 bits per heavy atom. The molecule has 1 radical (unpaired) electrons. The summed E-state index contributed by atoms with van der Waals surface area (Å²) in [5.41, 5.74) is 0. The molecule has 6 heavy (non-hydrogen) atoms. The highest BCUT2D eigenvalue weighted by molar-refractivity contribution is 4.72. The van der Waals surface area contributed by atoms with Crippen LogP contribution in [-0.4, -0.2) is 18.5 Å².